The molecule has 0 aliphatic carbocycles. The topological polar surface area (TPSA) is 72.2 Å². The van der Waals surface area contributed by atoms with E-state index < -0.39 is 10.0 Å². The van der Waals surface area contributed by atoms with Crippen molar-refractivity contribution in [2.45, 2.75) is 17.9 Å². The van der Waals surface area contributed by atoms with E-state index >= 15 is 0 Å². The number of rotatable bonds is 6. The Labute approximate surface area is 115 Å². The molecule has 0 bridgehead atoms. The average molecular weight is 302 g/mol. The molecule has 0 radical (unpaired) electrons. The molecule has 0 saturated carbocycles. The molecule has 0 aliphatic heterocycles. The van der Waals surface area contributed by atoms with Crippen LogP contribution in [0.3, 0.4) is 0 Å². The van der Waals surface area contributed by atoms with Gasteiger partial charge in [-0.15, -0.1) is 22.7 Å². The fraction of sp³-hybridized carbons (Fsp3) is 0.273. The maximum atomic E-state index is 12.0. The van der Waals surface area contributed by atoms with Gasteiger partial charge in [-0.2, -0.15) is 0 Å². The molecule has 2 heterocycles. The van der Waals surface area contributed by atoms with Crippen molar-refractivity contribution in [3.63, 3.8) is 0 Å². The van der Waals surface area contributed by atoms with Crippen LogP contribution < -0.4 is 10.5 Å². The fourth-order valence-electron chi connectivity index (χ4n) is 1.56. The highest BCUT2D eigenvalue weighted by Crippen LogP contribution is 2.21. The van der Waals surface area contributed by atoms with Crippen molar-refractivity contribution < 1.29 is 8.42 Å². The van der Waals surface area contributed by atoms with Gasteiger partial charge in [-0.25, -0.2) is 13.1 Å². The summed E-state index contributed by atoms with van der Waals surface area (Å²) in [5, 5.41) is 3.73. The molecule has 0 fully saturated rings. The van der Waals surface area contributed by atoms with E-state index in [-0.39, 0.29) is 6.54 Å². The second kappa shape index (κ2) is 5.94. The lowest BCUT2D eigenvalue weighted by Gasteiger charge is -2.06. The van der Waals surface area contributed by atoms with Crippen LogP contribution in [0.25, 0.3) is 0 Å². The van der Waals surface area contributed by atoms with Crippen LogP contribution in [-0.4, -0.2) is 15.0 Å². The van der Waals surface area contributed by atoms with Crippen molar-refractivity contribution in [2.24, 2.45) is 5.73 Å². The lowest BCUT2D eigenvalue weighted by Crippen LogP contribution is -2.26. The Balaban J connectivity index is 1.99. The molecule has 0 unspecified atom stereocenters. The van der Waals surface area contributed by atoms with Crippen LogP contribution in [0.2, 0.25) is 0 Å². The molecule has 0 amide bonds. The predicted octanol–water partition coefficient (Wildman–Crippen LogP) is 1.79. The van der Waals surface area contributed by atoms with E-state index in [1.54, 1.807) is 22.8 Å². The number of thiophene rings is 2. The third kappa shape index (κ3) is 3.18. The molecular weight excluding hydrogens is 288 g/mol. The summed E-state index contributed by atoms with van der Waals surface area (Å²) < 4.78 is 26.7. The summed E-state index contributed by atoms with van der Waals surface area (Å²) in [6.07, 6.45) is 0.707. The largest absolute Gasteiger partial charge is 0.326 e. The molecule has 2 aromatic heterocycles. The molecule has 2 rings (SSSR count). The van der Waals surface area contributed by atoms with Crippen molar-refractivity contribution in [1.29, 1.82) is 0 Å². The van der Waals surface area contributed by atoms with Crippen molar-refractivity contribution in [2.75, 3.05) is 6.54 Å². The zero-order valence-corrected chi connectivity index (χ0v) is 12.1. The van der Waals surface area contributed by atoms with Crippen molar-refractivity contribution in [1.82, 2.24) is 4.72 Å². The van der Waals surface area contributed by atoms with Gasteiger partial charge in [0, 0.05) is 22.8 Å². The van der Waals surface area contributed by atoms with Gasteiger partial charge in [-0.3, -0.25) is 0 Å². The normalized spacial score (nSPS) is 11.8. The maximum Gasteiger partial charge on any atom is 0.241 e. The molecule has 0 aliphatic rings. The Morgan fingerprint density at radius 3 is 2.72 bits per heavy atom. The Morgan fingerprint density at radius 1 is 1.22 bits per heavy atom. The van der Waals surface area contributed by atoms with Gasteiger partial charge in [0.1, 0.15) is 0 Å². The molecule has 0 saturated heterocycles. The lowest BCUT2D eigenvalue weighted by atomic mass is 10.3. The third-order valence-electron chi connectivity index (χ3n) is 2.42. The van der Waals surface area contributed by atoms with Crippen molar-refractivity contribution >= 4 is 32.7 Å². The second-order valence-electron chi connectivity index (χ2n) is 3.64. The smallest absolute Gasteiger partial charge is 0.241 e. The zero-order chi connectivity index (χ0) is 13.0. The van der Waals surface area contributed by atoms with Gasteiger partial charge in [0.15, 0.2) is 0 Å². The van der Waals surface area contributed by atoms with Gasteiger partial charge < -0.3 is 5.73 Å². The molecule has 0 atom stereocenters. The van der Waals surface area contributed by atoms with Crippen molar-refractivity contribution in [3.8, 4) is 0 Å². The summed E-state index contributed by atoms with van der Waals surface area (Å²) in [6.45, 7) is 0.654. The first-order valence-electron chi connectivity index (χ1n) is 5.42. The molecule has 98 valence electrons. The van der Waals surface area contributed by atoms with Crippen LogP contribution >= 0.6 is 22.7 Å². The van der Waals surface area contributed by atoms with E-state index in [1.807, 2.05) is 17.5 Å². The minimum atomic E-state index is -3.43. The highest BCUT2D eigenvalue weighted by Gasteiger charge is 2.18. The molecule has 7 heteroatoms. The number of hydrogen-bond acceptors (Lipinski definition) is 5. The minimum absolute atomic E-state index is 0.249. The van der Waals surface area contributed by atoms with Gasteiger partial charge in [-0.05, 0) is 29.3 Å². The summed E-state index contributed by atoms with van der Waals surface area (Å²) >= 11 is 2.99. The van der Waals surface area contributed by atoms with Crippen LogP contribution in [0.4, 0.5) is 0 Å². The van der Waals surface area contributed by atoms with Crippen LogP contribution in [0.15, 0.2) is 33.9 Å². The van der Waals surface area contributed by atoms with Crippen LogP contribution in [0.5, 0.6) is 0 Å². The van der Waals surface area contributed by atoms with E-state index in [0.717, 1.165) is 0 Å². The summed E-state index contributed by atoms with van der Waals surface area (Å²) in [6, 6.07) is 5.55. The quantitative estimate of drug-likeness (QED) is 0.854. The highest BCUT2D eigenvalue weighted by atomic mass is 32.2. The van der Waals surface area contributed by atoms with Crippen LogP contribution in [-0.2, 0) is 23.0 Å². The van der Waals surface area contributed by atoms with Gasteiger partial charge in [0.25, 0.3) is 0 Å². The monoisotopic (exact) mass is 302 g/mol. The third-order valence-corrected chi connectivity index (χ3v) is 5.98. The second-order valence-corrected chi connectivity index (χ2v) is 7.41. The average Bonchev–Trinajstić information content (AvgIpc) is 2.99. The first-order valence-corrected chi connectivity index (χ1v) is 8.66. The number of nitrogens with one attached hydrogen (secondary N) is 1. The zero-order valence-electron chi connectivity index (χ0n) is 9.63. The molecule has 18 heavy (non-hydrogen) atoms. The van der Waals surface area contributed by atoms with E-state index in [2.05, 4.69) is 4.72 Å². The first-order chi connectivity index (χ1) is 8.63. The SMILES string of the molecule is NCc1sccc1S(=O)(=O)NCCc1cccs1. The van der Waals surface area contributed by atoms with Crippen molar-refractivity contribution in [3.05, 3.63) is 38.7 Å². The van der Waals surface area contributed by atoms with Crippen LogP contribution in [0, 0.1) is 0 Å². The van der Waals surface area contributed by atoms with E-state index in [9.17, 15) is 8.42 Å². The van der Waals surface area contributed by atoms with Gasteiger partial charge in [-0.1, -0.05) is 6.07 Å². The van der Waals surface area contributed by atoms with E-state index in [0.29, 0.717) is 22.7 Å². The van der Waals surface area contributed by atoms with E-state index in [4.69, 9.17) is 5.73 Å². The molecule has 0 spiro atoms. The number of hydrogen-bond donors (Lipinski definition) is 2. The first kappa shape index (κ1) is 13.7. The summed E-state index contributed by atoms with van der Waals surface area (Å²) in [4.78, 5) is 2.17. The van der Waals surface area contributed by atoms with Gasteiger partial charge >= 0.3 is 0 Å². The minimum Gasteiger partial charge on any atom is -0.326 e. The van der Waals surface area contributed by atoms with E-state index in [1.165, 1.54) is 16.2 Å². The summed E-state index contributed by atoms with van der Waals surface area (Å²) in [5.74, 6) is 0. The Bertz CT molecular complexity index is 588. The molecule has 4 nitrogen and oxygen atoms in total. The molecule has 2 aromatic rings. The maximum absolute atomic E-state index is 12.0. The fourth-order valence-corrected chi connectivity index (χ4v) is 4.63. The Morgan fingerprint density at radius 2 is 2.06 bits per heavy atom. The lowest BCUT2D eigenvalue weighted by molar-refractivity contribution is 0.581. The summed E-state index contributed by atoms with van der Waals surface area (Å²) in [7, 11) is -3.43. The molecule has 3 N–H and O–H groups in total. The number of nitrogens with two attached hydrogens (primary N) is 1. The van der Waals surface area contributed by atoms with Gasteiger partial charge in [0.05, 0.1) is 4.90 Å². The Hall–Kier alpha value is -0.730. The van der Waals surface area contributed by atoms with Crippen LogP contribution in [0.1, 0.15) is 9.75 Å². The molecular formula is C11H14N2O2S3. The highest BCUT2D eigenvalue weighted by molar-refractivity contribution is 7.89. The Kier molecular flexibility index (Phi) is 4.52. The predicted molar refractivity (Wildman–Crippen MR) is 75.4 cm³/mol. The summed E-state index contributed by atoms with van der Waals surface area (Å²) in [5.41, 5.74) is 5.52. The van der Waals surface area contributed by atoms with Gasteiger partial charge in [0.2, 0.25) is 10.0 Å². The molecule has 0 aromatic carbocycles. The standard InChI is InChI=1S/C11H14N2O2S3/c12-8-10-11(4-7-17-10)18(14,15)13-5-3-9-2-1-6-16-9/h1-2,4,6-7,13H,3,5,8,12H2. The number of sulfonamides is 1.